The van der Waals surface area contributed by atoms with E-state index in [0.717, 1.165) is 5.56 Å². The highest BCUT2D eigenvalue weighted by Crippen LogP contribution is 2.34. The van der Waals surface area contributed by atoms with Crippen LogP contribution in [-0.2, 0) is 9.59 Å². The van der Waals surface area contributed by atoms with Gasteiger partial charge in [-0.15, -0.1) is 0 Å². The number of amides is 2. The van der Waals surface area contributed by atoms with Crippen molar-refractivity contribution in [3.8, 4) is 5.75 Å². The van der Waals surface area contributed by atoms with Crippen molar-refractivity contribution >= 4 is 40.4 Å². The monoisotopic (exact) mass is 418 g/mol. The predicted molar refractivity (Wildman–Crippen MR) is 119 cm³/mol. The zero-order valence-corrected chi connectivity index (χ0v) is 17.2. The maximum atomic E-state index is 13.4. The molecule has 0 radical (unpaired) electrons. The first-order chi connectivity index (χ1) is 14.5. The summed E-state index contributed by atoms with van der Waals surface area (Å²) in [6.07, 6.45) is 0. The summed E-state index contributed by atoms with van der Waals surface area (Å²) in [5, 5.41) is 3.67. The van der Waals surface area contributed by atoms with E-state index in [9.17, 15) is 9.59 Å². The maximum Gasteiger partial charge on any atom is 0.282 e. The number of nitrogens with one attached hydrogen (secondary N) is 1. The number of hydrogen-bond donors (Lipinski definition) is 1. The summed E-state index contributed by atoms with van der Waals surface area (Å²) in [6, 6.07) is 21.3. The average molecular weight is 419 g/mol. The highest BCUT2D eigenvalue weighted by molar-refractivity contribution is 6.46. The summed E-state index contributed by atoms with van der Waals surface area (Å²) in [5.41, 5.74) is 3.31. The van der Waals surface area contributed by atoms with Crippen molar-refractivity contribution < 1.29 is 14.3 Å². The van der Waals surface area contributed by atoms with Gasteiger partial charge in [-0.3, -0.25) is 9.59 Å². The number of aryl methyl sites for hydroxylation is 1. The molecule has 6 heteroatoms. The maximum absolute atomic E-state index is 13.4. The van der Waals surface area contributed by atoms with Crippen molar-refractivity contribution in [1.82, 2.24) is 0 Å². The molecule has 1 N–H and O–H groups in total. The van der Waals surface area contributed by atoms with Gasteiger partial charge in [0.1, 0.15) is 11.4 Å². The van der Waals surface area contributed by atoms with Gasteiger partial charge in [-0.1, -0.05) is 47.5 Å². The minimum Gasteiger partial charge on any atom is -0.497 e. The summed E-state index contributed by atoms with van der Waals surface area (Å²) in [6.45, 7) is 1.95. The van der Waals surface area contributed by atoms with Crippen LogP contribution in [0.5, 0.6) is 5.75 Å². The molecule has 1 aliphatic rings. The third-order valence-electron chi connectivity index (χ3n) is 4.85. The summed E-state index contributed by atoms with van der Waals surface area (Å²) in [7, 11) is 1.57. The Morgan fingerprint density at radius 1 is 0.900 bits per heavy atom. The topological polar surface area (TPSA) is 58.6 Å². The third kappa shape index (κ3) is 3.67. The second-order valence-corrected chi connectivity index (χ2v) is 7.33. The van der Waals surface area contributed by atoms with E-state index in [1.54, 1.807) is 61.7 Å². The van der Waals surface area contributed by atoms with Gasteiger partial charge in [0.25, 0.3) is 11.8 Å². The third-order valence-corrected chi connectivity index (χ3v) is 5.10. The molecule has 2 amide bonds. The van der Waals surface area contributed by atoms with E-state index in [4.69, 9.17) is 16.3 Å². The second-order valence-electron chi connectivity index (χ2n) is 6.90. The number of halogens is 1. The molecule has 150 valence electrons. The van der Waals surface area contributed by atoms with Crippen LogP contribution in [0.25, 0.3) is 5.57 Å². The lowest BCUT2D eigenvalue weighted by molar-refractivity contribution is -0.120. The molecule has 0 bridgehead atoms. The molecule has 4 rings (SSSR count). The van der Waals surface area contributed by atoms with Crippen molar-refractivity contribution in [3.05, 3.63) is 94.6 Å². The van der Waals surface area contributed by atoms with Crippen molar-refractivity contribution in [3.63, 3.8) is 0 Å². The van der Waals surface area contributed by atoms with Gasteiger partial charge in [0.05, 0.1) is 18.4 Å². The van der Waals surface area contributed by atoms with E-state index < -0.39 is 11.8 Å². The molecule has 0 atom stereocenters. The van der Waals surface area contributed by atoms with Crippen LogP contribution in [0.3, 0.4) is 0 Å². The summed E-state index contributed by atoms with van der Waals surface area (Å²) >= 11 is 6.01. The molecule has 0 spiro atoms. The molecule has 0 saturated carbocycles. The van der Waals surface area contributed by atoms with Gasteiger partial charge in [-0.05, 0) is 48.9 Å². The minimum atomic E-state index is -0.420. The molecule has 30 heavy (non-hydrogen) atoms. The fraction of sp³-hybridized carbons (Fsp3) is 0.0833. The first-order valence-electron chi connectivity index (χ1n) is 9.34. The highest BCUT2D eigenvalue weighted by atomic mass is 35.5. The van der Waals surface area contributed by atoms with Crippen LogP contribution in [0.15, 0.2) is 78.5 Å². The zero-order chi connectivity index (χ0) is 21.3. The molecule has 0 unspecified atom stereocenters. The number of nitrogens with zero attached hydrogens (tertiary/aromatic N) is 1. The SMILES string of the molecule is COc1cccc(NC2=C(c3ccc(Cl)cc3)C(=O)N(c3ccc(C)cc3)C2=O)c1. The quantitative estimate of drug-likeness (QED) is 0.589. The van der Waals surface area contributed by atoms with Crippen LogP contribution in [0, 0.1) is 6.92 Å². The second kappa shape index (κ2) is 8.05. The van der Waals surface area contributed by atoms with E-state index in [1.807, 2.05) is 25.1 Å². The fourth-order valence-electron chi connectivity index (χ4n) is 3.30. The van der Waals surface area contributed by atoms with Crippen LogP contribution < -0.4 is 15.0 Å². The van der Waals surface area contributed by atoms with Gasteiger partial charge < -0.3 is 10.1 Å². The van der Waals surface area contributed by atoms with Crippen LogP contribution in [0.1, 0.15) is 11.1 Å². The summed E-state index contributed by atoms with van der Waals surface area (Å²) in [4.78, 5) is 27.9. The Labute approximate surface area is 179 Å². The standard InChI is InChI=1S/C24H19ClN2O3/c1-15-6-12-19(13-7-15)27-23(28)21(16-8-10-17(25)11-9-16)22(24(27)29)26-18-4-3-5-20(14-18)30-2/h3-14,26H,1-2H3. The molecule has 3 aromatic carbocycles. The van der Waals surface area contributed by atoms with E-state index in [2.05, 4.69) is 5.32 Å². The Balaban J connectivity index is 1.81. The predicted octanol–water partition coefficient (Wildman–Crippen LogP) is 5.05. The number of benzene rings is 3. The van der Waals surface area contributed by atoms with E-state index >= 15 is 0 Å². The first kappa shape index (κ1) is 19.7. The molecule has 0 saturated heterocycles. The van der Waals surface area contributed by atoms with Gasteiger partial charge in [0, 0.05) is 16.8 Å². The largest absolute Gasteiger partial charge is 0.497 e. The highest BCUT2D eigenvalue weighted by Gasteiger charge is 2.40. The van der Waals surface area contributed by atoms with E-state index in [-0.39, 0.29) is 5.70 Å². The molecular weight excluding hydrogens is 400 g/mol. The number of imide groups is 1. The van der Waals surface area contributed by atoms with Gasteiger partial charge >= 0.3 is 0 Å². The molecular formula is C24H19ClN2O3. The summed E-state index contributed by atoms with van der Waals surface area (Å²) in [5.74, 6) is -0.172. The van der Waals surface area contributed by atoms with Crippen LogP contribution in [0.4, 0.5) is 11.4 Å². The number of methoxy groups -OCH3 is 1. The Morgan fingerprint density at radius 2 is 1.60 bits per heavy atom. The lowest BCUT2D eigenvalue weighted by atomic mass is 10.0. The summed E-state index contributed by atoms with van der Waals surface area (Å²) < 4.78 is 5.26. The number of ether oxygens (including phenoxy) is 1. The Bertz CT molecular complexity index is 1150. The molecule has 1 heterocycles. The molecule has 5 nitrogen and oxygen atoms in total. The number of hydrogen-bond acceptors (Lipinski definition) is 4. The van der Waals surface area contributed by atoms with Crippen molar-refractivity contribution in [2.45, 2.75) is 6.92 Å². The molecule has 3 aromatic rings. The van der Waals surface area contributed by atoms with Gasteiger partial charge in [-0.2, -0.15) is 0 Å². The van der Waals surface area contributed by atoms with Crippen LogP contribution >= 0.6 is 11.6 Å². The number of anilines is 2. The number of carbonyl (C=O) groups is 2. The van der Waals surface area contributed by atoms with E-state index in [1.165, 1.54) is 4.90 Å². The molecule has 1 aliphatic heterocycles. The van der Waals surface area contributed by atoms with Crippen molar-refractivity contribution in [2.75, 3.05) is 17.3 Å². The number of carbonyl (C=O) groups excluding carboxylic acids is 2. The normalized spacial score (nSPS) is 13.8. The molecule has 0 fully saturated rings. The van der Waals surface area contributed by atoms with Gasteiger partial charge in [0.15, 0.2) is 0 Å². The van der Waals surface area contributed by atoms with Crippen molar-refractivity contribution in [2.24, 2.45) is 0 Å². The van der Waals surface area contributed by atoms with Crippen molar-refractivity contribution in [1.29, 1.82) is 0 Å². The lowest BCUT2D eigenvalue weighted by Crippen LogP contribution is -2.32. The van der Waals surface area contributed by atoms with Crippen LogP contribution in [-0.4, -0.2) is 18.9 Å². The Morgan fingerprint density at radius 3 is 2.27 bits per heavy atom. The minimum absolute atomic E-state index is 0.205. The zero-order valence-electron chi connectivity index (χ0n) is 16.5. The first-order valence-corrected chi connectivity index (χ1v) is 9.72. The van der Waals surface area contributed by atoms with E-state index in [0.29, 0.717) is 33.3 Å². The lowest BCUT2D eigenvalue weighted by Gasteiger charge is -2.15. The Kier molecular flexibility index (Phi) is 5.29. The fourth-order valence-corrected chi connectivity index (χ4v) is 3.43. The van der Waals surface area contributed by atoms with Crippen LogP contribution in [0.2, 0.25) is 5.02 Å². The Hall–Kier alpha value is -3.57. The molecule has 0 aromatic heterocycles. The van der Waals surface area contributed by atoms with Gasteiger partial charge in [-0.25, -0.2) is 4.90 Å². The van der Waals surface area contributed by atoms with Gasteiger partial charge in [0.2, 0.25) is 0 Å². The average Bonchev–Trinajstić information content (AvgIpc) is 2.99. The number of rotatable bonds is 5. The molecule has 0 aliphatic carbocycles. The smallest absolute Gasteiger partial charge is 0.282 e.